The van der Waals surface area contributed by atoms with Gasteiger partial charge in [-0.15, -0.1) is 0 Å². The Bertz CT molecular complexity index is 1480. The molecule has 2 aliphatic heterocycles. The van der Waals surface area contributed by atoms with Gasteiger partial charge < -0.3 is 9.80 Å². The predicted octanol–water partition coefficient (Wildman–Crippen LogP) is 7.03. The maximum absolute atomic E-state index is 14.4. The third kappa shape index (κ3) is 4.40. The van der Waals surface area contributed by atoms with Crippen LogP contribution in [0.2, 0.25) is 0 Å². The highest BCUT2D eigenvalue weighted by atomic mass is 16.2. The van der Waals surface area contributed by atoms with Crippen molar-refractivity contribution in [2.75, 3.05) is 26.7 Å². The first kappa shape index (κ1) is 32.0. The molecule has 2 amide bonds. The molecule has 6 heteroatoms. The molecular formula is C41H58N2O4. The van der Waals surface area contributed by atoms with Crippen LogP contribution in [0.3, 0.4) is 0 Å². The van der Waals surface area contributed by atoms with E-state index in [0.29, 0.717) is 59.5 Å². The van der Waals surface area contributed by atoms with Gasteiger partial charge in [0, 0.05) is 62.0 Å². The molecule has 12 unspecified atom stereocenters. The molecule has 6 fully saturated rings. The summed E-state index contributed by atoms with van der Waals surface area (Å²) in [5, 5.41) is 0. The Labute approximate surface area is 282 Å². The van der Waals surface area contributed by atoms with Crippen molar-refractivity contribution in [2.24, 2.45) is 69.0 Å². The molecule has 0 spiro atoms. The summed E-state index contributed by atoms with van der Waals surface area (Å²) in [6.45, 7) is 13.7. The summed E-state index contributed by atoms with van der Waals surface area (Å²) < 4.78 is 0. The normalized spacial score (nSPS) is 49.5. The van der Waals surface area contributed by atoms with Gasteiger partial charge in [-0.05, 0) is 123 Å². The highest BCUT2D eigenvalue weighted by Crippen LogP contribution is 2.66. The fraction of sp³-hybridized carbons (Fsp3) is 0.805. The number of amides is 2. The third-order valence-electron chi connectivity index (χ3n) is 17.0. The van der Waals surface area contributed by atoms with Crippen LogP contribution < -0.4 is 0 Å². The fourth-order valence-electron chi connectivity index (χ4n) is 14.1. The minimum atomic E-state index is -0.302. The van der Waals surface area contributed by atoms with E-state index in [1.54, 1.807) is 0 Å². The minimum Gasteiger partial charge on any atom is -0.342 e. The standard InChI is InChI=1S/C41H58N2O4/c1-24-19-28-29-9-10-34(44)40(29,4)13-11-31(28)39(3)16-18-43(36(46)22-32(24)39)23-25-20-33-27-8-7-26-21-35(45)42(6)17-15-38(26,2)30(27)12-14-41(33,5)37(25)47/h21-22,24-25,27-31,33H,7-20,23H2,1-6H3. The average Bonchev–Trinajstić information content (AvgIpc) is 3.38. The van der Waals surface area contributed by atoms with Gasteiger partial charge in [-0.3, -0.25) is 19.2 Å². The van der Waals surface area contributed by atoms with Crippen molar-refractivity contribution >= 4 is 23.4 Å². The molecule has 47 heavy (non-hydrogen) atoms. The lowest BCUT2D eigenvalue weighted by molar-refractivity contribution is -0.136. The van der Waals surface area contributed by atoms with Crippen molar-refractivity contribution in [2.45, 2.75) is 112 Å². The number of carbonyl (C=O) groups excluding carboxylic acids is 4. The SMILES string of the molecule is CC1CC2C3CCC(=O)C3(C)CCC2C2(C)CCN(CC3CC4C5CCC6=CC(=O)N(C)CCC6(C)C5CCC4(C)C3=O)C(=O)C=C12. The van der Waals surface area contributed by atoms with Crippen LogP contribution in [-0.2, 0) is 19.2 Å². The third-order valence-corrected chi connectivity index (χ3v) is 17.0. The van der Waals surface area contributed by atoms with Gasteiger partial charge in [-0.1, -0.05) is 45.8 Å². The Morgan fingerprint density at radius 2 is 1.36 bits per heavy atom. The Hall–Kier alpha value is -2.24. The van der Waals surface area contributed by atoms with E-state index in [9.17, 15) is 19.2 Å². The molecule has 6 nitrogen and oxygen atoms in total. The van der Waals surface area contributed by atoms with E-state index >= 15 is 0 Å². The Morgan fingerprint density at radius 1 is 0.681 bits per heavy atom. The first-order chi connectivity index (χ1) is 22.2. The molecule has 8 rings (SSSR count). The Kier molecular flexibility index (Phi) is 7.24. The molecule has 0 bridgehead atoms. The second kappa shape index (κ2) is 10.6. The van der Waals surface area contributed by atoms with Crippen LogP contribution in [-0.4, -0.2) is 59.9 Å². The summed E-state index contributed by atoms with van der Waals surface area (Å²) in [6, 6.07) is 0. The smallest absolute Gasteiger partial charge is 0.246 e. The number of ketones is 2. The molecule has 0 saturated heterocycles. The van der Waals surface area contributed by atoms with E-state index in [2.05, 4.69) is 39.5 Å². The van der Waals surface area contributed by atoms with Gasteiger partial charge in [0.25, 0.3) is 0 Å². The topological polar surface area (TPSA) is 74.8 Å². The molecule has 6 saturated carbocycles. The average molecular weight is 643 g/mol. The molecule has 0 aromatic carbocycles. The van der Waals surface area contributed by atoms with Gasteiger partial charge in [0.05, 0.1) is 0 Å². The fourth-order valence-corrected chi connectivity index (χ4v) is 14.1. The zero-order chi connectivity index (χ0) is 33.3. The summed E-state index contributed by atoms with van der Waals surface area (Å²) in [6.07, 6.45) is 15.8. The molecule has 0 aromatic heterocycles. The second-order valence-corrected chi connectivity index (χ2v) is 18.7. The zero-order valence-electron chi connectivity index (χ0n) is 29.9. The summed E-state index contributed by atoms with van der Waals surface area (Å²) in [4.78, 5) is 58.1. The number of allylic oxidation sites excluding steroid dienone is 2. The second-order valence-electron chi connectivity index (χ2n) is 18.7. The van der Waals surface area contributed by atoms with Gasteiger partial charge in [-0.25, -0.2) is 0 Å². The van der Waals surface area contributed by atoms with Crippen LogP contribution in [0.15, 0.2) is 23.3 Å². The minimum absolute atomic E-state index is 0.0243. The number of likely N-dealkylation sites (N-methyl/N-ethyl adjacent to an activating group) is 1. The van der Waals surface area contributed by atoms with E-state index in [0.717, 1.165) is 90.1 Å². The molecule has 0 aromatic rings. The van der Waals surface area contributed by atoms with Crippen LogP contribution in [0.5, 0.6) is 0 Å². The van der Waals surface area contributed by atoms with Gasteiger partial charge in [0.15, 0.2) is 0 Å². The van der Waals surface area contributed by atoms with Gasteiger partial charge in [0.2, 0.25) is 11.8 Å². The molecule has 12 atom stereocenters. The van der Waals surface area contributed by atoms with Crippen LogP contribution in [0.1, 0.15) is 112 Å². The maximum Gasteiger partial charge on any atom is 0.246 e. The molecule has 6 aliphatic carbocycles. The Balaban J connectivity index is 1.01. The van der Waals surface area contributed by atoms with Crippen molar-refractivity contribution in [3.05, 3.63) is 23.3 Å². The summed E-state index contributed by atoms with van der Waals surface area (Å²) >= 11 is 0. The number of Topliss-reactive ketones (excluding diaryl/α,β-unsaturated/α-hetero) is 2. The monoisotopic (exact) mass is 642 g/mol. The van der Waals surface area contributed by atoms with E-state index in [4.69, 9.17) is 0 Å². The first-order valence-electron chi connectivity index (χ1n) is 19.3. The number of rotatable bonds is 2. The largest absolute Gasteiger partial charge is 0.342 e. The lowest BCUT2D eigenvalue weighted by atomic mass is 9.47. The number of carbonyl (C=O) groups is 4. The Morgan fingerprint density at radius 3 is 2.13 bits per heavy atom. The number of hydrogen-bond donors (Lipinski definition) is 0. The van der Waals surface area contributed by atoms with Crippen molar-refractivity contribution < 1.29 is 19.2 Å². The van der Waals surface area contributed by atoms with Crippen molar-refractivity contribution in [1.29, 1.82) is 0 Å². The molecule has 0 radical (unpaired) electrons. The highest BCUT2D eigenvalue weighted by molar-refractivity contribution is 5.92. The molecule has 256 valence electrons. The van der Waals surface area contributed by atoms with Crippen molar-refractivity contribution in [3.8, 4) is 0 Å². The molecule has 0 N–H and O–H groups in total. The maximum atomic E-state index is 14.4. The predicted molar refractivity (Wildman–Crippen MR) is 182 cm³/mol. The lowest BCUT2D eigenvalue weighted by Crippen LogP contribution is -2.51. The van der Waals surface area contributed by atoms with Gasteiger partial charge in [-0.2, -0.15) is 0 Å². The van der Waals surface area contributed by atoms with E-state index < -0.39 is 0 Å². The first-order valence-corrected chi connectivity index (χ1v) is 19.3. The summed E-state index contributed by atoms with van der Waals surface area (Å²) in [7, 11) is 1.92. The van der Waals surface area contributed by atoms with Crippen LogP contribution in [0.4, 0.5) is 0 Å². The van der Waals surface area contributed by atoms with E-state index in [-0.39, 0.29) is 39.4 Å². The van der Waals surface area contributed by atoms with E-state index in [1.807, 2.05) is 24.1 Å². The summed E-state index contributed by atoms with van der Waals surface area (Å²) in [5.74, 6) is 4.37. The lowest BCUT2D eigenvalue weighted by Gasteiger charge is -2.57. The zero-order valence-corrected chi connectivity index (χ0v) is 29.9. The van der Waals surface area contributed by atoms with Crippen molar-refractivity contribution in [3.63, 3.8) is 0 Å². The molecule has 8 aliphatic rings. The van der Waals surface area contributed by atoms with Crippen LogP contribution in [0.25, 0.3) is 0 Å². The highest BCUT2D eigenvalue weighted by Gasteiger charge is 2.63. The summed E-state index contributed by atoms with van der Waals surface area (Å²) in [5.41, 5.74) is 2.24. The van der Waals surface area contributed by atoms with Crippen molar-refractivity contribution in [1.82, 2.24) is 9.80 Å². The van der Waals surface area contributed by atoms with Crippen LogP contribution in [0, 0.1) is 69.0 Å². The number of nitrogens with zero attached hydrogens (tertiary/aromatic N) is 2. The quantitative estimate of drug-likeness (QED) is 0.324. The van der Waals surface area contributed by atoms with Gasteiger partial charge >= 0.3 is 0 Å². The van der Waals surface area contributed by atoms with Crippen LogP contribution >= 0.6 is 0 Å². The van der Waals surface area contributed by atoms with Gasteiger partial charge in [0.1, 0.15) is 11.6 Å². The van der Waals surface area contributed by atoms with E-state index in [1.165, 1.54) is 11.1 Å². The molecule has 2 heterocycles. The number of hydrogen-bond acceptors (Lipinski definition) is 4. The molecular weight excluding hydrogens is 584 g/mol. The number of fused-ring (bicyclic) bond motifs is 10.